The van der Waals surface area contributed by atoms with E-state index in [-0.39, 0.29) is 30.6 Å². The quantitative estimate of drug-likeness (QED) is 0.831. The highest BCUT2D eigenvalue weighted by Gasteiger charge is 2.38. The molecule has 0 aromatic carbocycles. The van der Waals surface area contributed by atoms with Crippen LogP contribution in [0.4, 0.5) is 4.79 Å². The van der Waals surface area contributed by atoms with Gasteiger partial charge in [-0.15, -0.1) is 0 Å². The third-order valence-corrected chi connectivity index (χ3v) is 3.98. The highest BCUT2D eigenvalue weighted by Crippen LogP contribution is 2.29. The number of rotatable bonds is 5. The zero-order chi connectivity index (χ0) is 14.7. The molecule has 20 heavy (non-hydrogen) atoms. The maximum absolute atomic E-state index is 12.7. The van der Waals surface area contributed by atoms with Crippen molar-refractivity contribution in [3.8, 4) is 0 Å². The van der Waals surface area contributed by atoms with Crippen LogP contribution in [0, 0.1) is 0 Å². The van der Waals surface area contributed by atoms with Gasteiger partial charge in [-0.25, -0.2) is 4.79 Å². The molecule has 2 aliphatic rings. The fourth-order valence-corrected chi connectivity index (χ4v) is 2.62. The number of ether oxygens (including phenoxy) is 1. The Hall–Kier alpha value is -1.30. The highest BCUT2D eigenvalue weighted by atomic mass is 16.5. The molecule has 1 aliphatic carbocycles. The Morgan fingerprint density at radius 2 is 2.10 bits per heavy atom. The lowest BCUT2D eigenvalue weighted by atomic mass is 10.1. The lowest BCUT2D eigenvalue weighted by molar-refractivity contribution is -0.137. The lowest BCUT2D eigenvalue weighted by Crippen LogP contribution is -2.56. The molecule has 1 heterocycles. The van der Waals surface area contributed by atoms with E-state index in [4.69, 9.17) is 9.84 Å². The molecule has 1 N–H and O–H groups in total. The van der Waals surface area contributed by atoms with Crippen molar-refractivity contribution in [2.24, 2.45) is 0 Å². The molecule has 0 spiro atoms. The number of aliphatic carboxylic acids is 1. The van der Waals surface area contributed by atoms with Crippen molar-refractivity contribution >= 4 is 12.0 Å². The van der Waals surface area contributed by atoms with Crippen LogP contribution in [0.25, 0.3) is 0 Å². The molecule has 1 saturated carbocycles. The molecule has 0 aromatic heterocycles. The van der Waals surface area contributed by atoms with Gasteiger partial charge in [0.2, 0.25) is 0 Å². The summed E-state index contributed by atoms with van der Waals surface area (Å²) in [7, 11) is 0. The number of carbonyl (C=O) groups is 2. The van der Waals surface area contributed by atoms with E-state index in [1.54, 1.807) is 4.90 Å². The van der Waals surface area contributed by atoms with Crippen LogP contribution in [-0.4, -0.2) is 64.8 Å². The van der Waals surface area contributed by atoms with Gasteiger partial charge in [0.25, 0.3) is 0 Å². The van der Waals surface area contributed by atoms with Gasteiger partial charge in [0.1, 0.15) is 0 Å². The topological polar surface area (TPSA) is 70.1 Å². The summed E-state index contributed by atoms with van der Waals surface area (Å²) in [6.45, 7) is 5.48. The van der Waals surface area contributed by atoms with Gasteiger partial charge >= 0.3 is 12.0 Å². The fourth-order valence-electron chi connectivity index (χ4n) is 2.62. The van der Waals surface area contributed by atoms with Gasteiger partial charge in [-0.1, -0.05) is 6.92 Å². The first kappa shape index (κ1) is 15.1. The van der Waals surface area contributed by atoms with Crippen LogP contribution in [0.2, 0.25) is 0 Å². The summed E-state index contributed by atoms with van der Waals surface area (Å²) >= 11 is 0. The van der Waals surface area contributed by atoms with E-state index < -0.39 is 5.97 Å². The van der Waals surface area contributed by atoms with E-state index in [2.05, 4.69) is 0 Å². The van der Waals surface area contributed by atoms with Crippen LogP contribution in [0.5, 0.6) is 0 Å². The average molecular weight is 284 g/mol. The molecular formula is C14H24N2O4. The third kappa shape index (κ3) is 3.62. The summed E-state index contributed by atoms with van der Waals surface area (Å²) in [5.74, 6) is -0.856. The SMILES string of the molecule is CCC1COC(C)CN1C(=O)N(CCC(=O)O)C1CC1. The smallest absolute Gasteiger partial charge is 0.320 e. The van der Waals surface area contributed by atoms with Crippen LogP contribution >= 0.6 is 0 Å². The Labute approximate surface area is 119 Å². The third-order valence-electron chi connectivity index (χ3n) is 3.98. The van der Waals surface area contributed by atoms with E-state index in [1.165, 1.54) is 0 Å². The standard InChI is InChI=1S/C14H24N2O4/c1-3-11-9-20-10(2)8-16(11)14(19)15(12-4-5-12)7-6-13(17)18/h10-12H,3-9H2,1-2H3,(H,17,18). The molecule has 0 radical (unpaired) electrons. The first-order valence-electron chi connectivity index (χ1n) is 7.43. The van der Waals surface area contributed by atoms with E-state index in [0.717, 1.165) is 19.3 Å². The monoisotopic (exact) mass is 284 g/mol. The van der Waals surface area contributed by atoms with Crippen molar-refractivity contribution in [1.29, 1.82) is 0 Å². The highest BCUT2D eigenvalue weighted by molar-refractivity contribution is 5.76. The van der Waals surface area contributed by atoms with Crippen LogP contribution in [-0.2, 0) is 9.53 Å². The molecule has 2 unspecified atom stereocenters. The first-order chi connectivity index (χ1) is 9.52. The molecule has 2 amide bonds. The van der Waals surface area contributed by atoms with Crippen LogP contribution in [0.1, 0.15) is 39.5 Å². The normalized spacial score (nSPS) is 26.4. The van der Waals surface area contributed by atoms with Gasteiger partial charge in [-0.3, -0.25) is 4.79 Å². The van der Waals surface area contributed by atoms with Crippen molar-refractivity contribution in [2.45, 2.75) is 57.7 Å². The summed E-state index contributed by atoms with van der Waals surface area (Å²) < 4.78 is 5.61. The lowest BCUT2D eigenvalue weighted by Gasteiger charge is -2.41. The van der Waals surface area contributed by atoms with Gasteiger partial charge in [0, 0.05) is 19.1 Å². The van der Waals surface area contributed by atoms with E-state index in [9.17, 15) is 9.59 Å². The van der Waals surface area contributed by atoms with Gasteiger partial charge in [-0.2, -0.15) is 0 Å². The predicted octanol–water partition coefficient (Wildman–Crippen LogP) is 1.54. The number of carboxylic acids is 1. The van der Waals surface area contributed by atoms with Crippen LogP contribution in [0.3, 0.4) is 0 Å². The fraction of sp³-hybridized carbons (Fsp3) is 0.857. The van der Waals surface area contributed by atoms with Crippen LogP contribution in [0.15, 0.2) is 0 Å². The molecule has 1 saturated heterocycles. The number of urea groups is 1. The summed E-state index contributed by atoms with van der Waals surface area (Å²) in [5.41, 5.74) is 0. The Balaban J connectivity index is 2.02. The number of hydrogen-bond donors (Lipinski definition) is 1. The number of amides is 2. The second kappa shape index (κ2) is 6.43. The van der Waals surface area contributed by atoms with E-state index in [0.29, 0.717) is 19.7 Å². The van der Waals surface area contributed by atoms with Gasteiger partial charge < -0.3 is 19.6 Å². The minimum Gasteiger partial charge on any atom is -0.481 e. The van der Waals surface area contributed by atoms with Crippen molar-refractivity contribution in [2.75, 3.05) is 19.7 Å². The predicted molar refractivity (Wildman–Crippen MR) is 73.6 cm³/mol. The van der Waals surface area contributed by atoms with Gasteiger partial charge in [0.05, 0.1) is 25.2 Å². The van der Waals surface area contributed by atoms with Crippen LogP contribution < -0.4 is 0 Å². The number of hydrogen-bond acceptors (Lipinski definition) is 3. The van der Waals surface area contributed by atoms with Crippen molar-refractivity contribution < 1.29 is 19.4 Å². The number of nitrogens with zero attached hydrogens (tertiary/aromatic N) is 2. The molecule has 2 atom stereocenters. The van der Waals surface area contributed by atoms with Crippen molar-refractivity contribution in [3.05, 3.63) is 0 Å². The Morgan fingerprint density at radius 3 is 2.65 bits per heavy atom. The minimum absolute atomic E-state index is 0.0128. The molecular weight excluding hydrogens is 260 g/mol. The summed E-state index contributed by atoms with van der Waals surface area (Å²) in [5, 5.41) is 8.83. The second-order valence-electron chi connectivity index (χ2n) is 5.71. The Kier molecular flexibility index (Phi) is 4.86. The molecule has 114 valence electrons. The van der Waals surface area contributed by atoms with E-state index in [1.807, 2.05) is 18.7 Å². The Morgan fingerprint density at radius 1 is 1.40 bits per heavy atom. The first-order valence-corrected chi connectivity index (χ1v) is 7.43. The number of morpholine rings is 1. The van der Waals surface area contributed by atoms with Gasteiger partial charge in [-0.05, 0) is 26.2 Å². The molecule has 6 heteroatoms. The maximum atomic E-state index is 12.7. The second-order valence-corrected chi connectivity index (χ2v) is 5.71. The molecule has 6 nitrogen and oxygen atoms in total. The maximum Gasteiger partial charge on any atom is 0.320 e. The molecule has 2 fully saturated rings. The van der Waals surface area contributed by atoms with Crippen molar-refractivity contribution in [1.82, 2.24) is 9.80 Å². The zero-order valence-corrected chi connectivity index (χ0v) is 12.2. The summed E-state index contributed by atoms with van der Waals surface area (Å²) in [6.07, 6.45) is 2.89. The number of carboxylic acid groups (broad SMARTS) is 1. The average Bonchev–Trinajstić information content (AvgIpc) is 3.23. The zero-order valence-electron chi connectivity index (χ0n) is 12.2. The molecule has 1 aliphatic heterocycles. The summed E-state index contributed by atoms with van der Waals surface area (Å²) in [6, 6.07) is 0.318. The van der Waals surface area contributed by atoms with Gasteiger partial charge in [0.15, 0.2) is 0 Å². The largest absolute Gasteiger partial charge is 0.481 e. The number of carbonyl (C=O) groups excluding carboxylic acids is 1. The Bertz CT molecular complexity index is 370. The molecule has 2 rings (SSSR count). The molecule has 0 aromatic rings. The minimum atomic E-state index is -0.856. The van der Waals surface area contributed by atoms with E-state index >= 15 is 0 Å². The van der Waals surface area contributed by atoms with Crippen molar-refractivity contribution in [3.63, 3.8) is 0 Å². The molecule has 0 bridgehead atoms. The summed E-state index contributed by atoms with van der Waals surface area (Å²) in [4.78, 5) is 27.1.